The van der Waals surface area contributed by atoms with Crippen LogP contribution in [-0.4, -0.2) is 75.6 Å². The third-order valence-corrected chi connectivity index (χ3v) is 9.74. The number of Topliss-reactive ketones (excluding diaryl/α,β-unsaturated/α-hetero) is 2. The first kappa shape index (κ1) is 27.5. The van der Waals surface area contributed by atoms with Gasteiger partial charge in [0.2, 0.25) is 5.78 Å². The molecule has 1 saturated heterocycles. The van der Waals surface area contributed by atoms with Gasteiger partial charge in [0.15, 0.2) is 11.4 Å². The van der Waals surface area contributed by atoms with E-state index in [1.807, 2.05) is 36.8 Å². The van der Waals surface area contributed by atoms with E-state index < -0.39 is 52.0 Å². The second-order valence-corrected chi connectivity index (χ2v) is 12.5. The number of ketones is 2. The number of carbonyl (C=O) groups excluding carboxylic acids is 3. The number of allylic oxidation sites excluding steroid dienone is 2. The average molecular weight is 558 g/mol. The topological polar surface area (TPSA) is 173 Å². The molecule has 0 unspecified atom stereocenters. The number of carbonyl (C=O) groups is 3. The van der Waals surface area contributed by atoms with Gasteiger partial charge in [0.05, 0.1) is 5.56 Å². The summed E-state index contributed by atoms with van der Waals surface area (Å²) in [5.74, 6) is -3.32. The molecule has 1 aromatic carbocycles. The fourth-order valence-electron chi connectivity index (χ4n) is 6.62. The number of hydrogen-bond acceptors (Lipinski definition) is 10. The molecule has 4 aliphatic rings. The number of thioether (sulfide) groups is 1. The Labute approximate surface area is 230 Å². The summed E-state index contributed by atoms with van der Waals surface area (Å²) < 4.78 is 0. The van der Waals surface area contributed by atoms with E-state index >= 15 is 0 Å². The van der Waals surface area contributed by atoms with E-state index in [1.54, 1.807) is 0 Å². The van der Waals surface area contributed by atoms with Gasteiger partial charge in [0.1, 0.15) is 22.8 Å². The number of nitrogens with two attached hydrogens (primary N) is 1. The molecule has 210 valence electrons. The molecule has 39 heavy (non-hydrogen) atoms. The summed E-state index contributed by atoms with van der Waals surface area (Å²) >= 11 is 1.96. The van der Waals surface area contributed by atoms with Gasteiger partial charge in [0, 0.05) is 49.8 Å². The number of phenols is 1. The van der Waals surface area contributed by atoms with E-state index in [9.17, 15) is 34.8 Å². The number of fused-ring (bicyclic) bond motifs is 3. The molecule has 1 fully saturated rings. The van der Waals surface area contributed by atoms with Crippen LogP contribution in [0, 0.1) is 17.8 Å². The summed E-state index contributed by atoms with van der Waals surface area (Å²) in [6.45, 7) is 1.15. The minimum atomic E-state index is -2.56. The molecule has 7 N–H and O–H groups in total. The smallest absolute Gasteiger partial charge is 0.255 e. The number of phenolic OH excluding ortho intramolecular Hbond substituents is 1. The van der Waals surface area contributed by atoms with Gasteiger partial charge in [-0.25, -0.2) is 0 Å². The van der Waals surface area contributed by atoms with E-state index in [0.717, 1.165) is 36.6 Å². The number of benzene rings is 1. The minimum absolute atomic E-state index is 0.0451. The van der Waals surface area contributed by atoms with Crippen molar-refractivity contribution < 1.29 is 34.8 Å². The number of anilines is 1. The van der Waals surface area contributed by atoms with Gasteiger partial charge in [0.25, 0.3) is 5.91 Å². The lowest BCUT2D eigenvalue weighted by Crippen LogP contribution is -2.57. The molecule has 1 heterocycles. The van der Waals surface area contributed by atoms with Gasteiger partial charge < -0.3 is 36.4 Å². The van der Waals surface area contributed by atoms with Crippen molar-refractivity contribution in [3.8, 4) is 5.75 Å². The molecule has 0 saturated carbocycles. The van der Waals surface area contributed by atoms with Crippen LogP contribution in [0.1, 0.15) is 47.2 Å². The van der Waals surface area contributed by atoms with Crippen LogP contribution in [0.3, 0.4) is 0 Å². The van der Waals surface area contributed by atoms with Crippen LogP contribution < -0.4 is 16.0 Å². The molecule has 3 atom stereocenters. The third-order valence-electron chi connectivity index (χ3n) is 8.69. The quantitative estimate of drug-likeness (QED) is 0.284. The van der Waals surface area contributed by atoms with Crippen LogP contribution in [0.5, 0.6) is 5.75 Å². The largest absolute Gasteiger partial charge is 0.511 e. The summed E-state index contributed by atoms with van der Waals surface area (Å²) in [5.41, 5.74) is 3.76. The van der Waals surface area contributed by atoms with E-state index in [1.165, 1.54) is 0 Å². The van der Waals surface area contributed by atoms with Crippen LogP contribution in [0.15, 0.2) is 28.7 Å². The van der Waals surface area contributed by atoms with Gasteiger partial charge in [-0.2, -0.15) is 11.8 Å². The maximum atomic E-state index is 13.9. The van der Waals surface area contributed by atoms with Crippen molar-refractivity contribution in [2.24, 2.45) is 23.5 Å². The van der Waals surface area contributed by atoms with E-state index in [0.29, 0.717) is 23.6 Å². The maximum absolute atomic E-state index is 13.9. The number of primary amides is 1. The zero-order valence-electron chi connectivity index (χ0n) is 22.1. The number of amides is 1. The highest BCUT2D eigenvalue weighted by molar-refractivity contribution is 7.99. The SMILES string of the molecule is CN(C)c1cc(CNCC2CCSCC2)c(O)c2c1C[C@H]1C[C@H]3CC(O)=C(C(N)=O)C(=O)[C@@]3(O)C(O)=C1C2=O. The Morgan fingerprint density at radius 2 is 1.87 bits per heavy atom. The standard InChI is InChI=1S/C28H35N3O7S/c1-31(2)18-9-15(12-30-11-13-3-5-39-6-4-13)23(33)21-17(18)8-14-7-16-10-19(32)22(27(29)37)26(36)28(16,38)25(35)20(14)24(21)34/h9,13-14,16,30,32-33,35,38H,3-8,10-12H2,1-2H3,(H2,29,37)/t14-,16+,28+/m1/s1. The molecule has 0 spiro atoms. The number of aliphatic hydroxyl groups excluding tert-OH is 2. The summed E-state index contributed by atoms with van der Waals surface area (Å²) in [4.78, 5) is 40.8. The Hall–Kier alpha value is -3.02. The Balaban J connectivity index is 1.54. The first-order valence-electron chi connectivity index (χ1n) is 13.3. The molecule has 5 rings (SSSR count). The zero-order chi connectivity index (χ0) is 28.2. The monoisotopic (exact) mass is 557 g/mol. The Bertz CT molecular complexity index is 1310. The van der Waals surface area contributed by atoms with Crippen LogP contribution in [0.25, 0.3) is 0 Å². The second kappa shape index (κ2) is 10.2. The van der Waals surface area contributed by atoms with E-state index in [4.69, 9.17) is 5.73 Å². The van der Waals surface area contributed by atoms with Gasteiger partial charge in [-0.15, -0.1) is 0 Å². The number of nitrogens with one attached hydrogen (secondary N) is 1. The van der Waals surface area contributed by atoms with E-state index in [-0.39, 0.29) is 36.1 Å². The number of nitrogens with zero attached hydrogens (tertiary/aromatic N) is 1. The van der Waals surface area contributed by atoms with Gasteiger partial charge in [-0.3, -0.25) is 14.4 Å². The zero-order valence-corrected chi connectivity index (χ0v) is 22.9. The third kappa shape index (κ3) is 4.40. The average Bonchev–Trinajstić information content (AvgIpc) is 2.87. The molecule has 0 bridgehead atoms. The van der Waals surface area contributed by atoms with Crippen LogP contribution >= 0.6 is 11.8 Å². The first-order valence-corrected chi connectivity index (χ1v) is 14.4. The molecule has 1 aliphatic heterocycles. The summed E-state index contributed by atoms with van der Waals surface area (Å²) in [7, 11) is 3.70. The number of aromatic hydroxyl groups is 1. The summed E-state index contributed by atoms with van der Waals surface area (Å²) in [5, 5.41) is 47.7. The van der Waals surface area contributed by atoms with Crippen LogP contribution in [-0.2, 0) is 22.6 Å². The van der Waals surface area contributed by atoms with Crippen molar-refractivity contribution in [1.29, 1.82) is 0 Å². The molecule has 0 aromatic heterocycles. The van der Waals surface area contributed by atoms with Gasteiger partial charge >= 0.3 is 0 Å². The fraction of sp³-hybridized carbons (Fsp3) is 0.536. The molecular weight excluding hydrogens is 522 g/mol. The summed E-state index contributed by atoms with van der Waals surface area (Å²) in [6, 6.07) is 1.87. The lowest BCUT2D eigenvalue weighted by atomic mass is 9.60. The fourth-order valence-corrected chi connectivity index (χ4v) is 7.82. The maximum Gasteiger partial charge on any atom is 0.255 e. The Kier molecular flexibility index (Phi) is 7.19. The molecule has 11 heteroatoms. The van der Waals surface area contributed by atoms with Crippen molar-refractivity contribution in [3.05, 3.63) is 45.4 Å². The molecule has 1 amide bonds. The minimum Gasteiger partial charge on any atom is -0.511 e. The van der Waals surface area contributed by atoms with Crippen molar-refractivity contribution in [3.63, 3.8) is 0 Å². The Morgan fingerprint density at radius 3 is 2.51 bits per heavy atom. The highest BCUT2D eigenvalue weighted by Crippen LogP contribution is 2.52. The number of aliphatic hydroxyl groups is 3. The van der Waals surface area contributed by atoms with Crippen LogP contribution in [0.4, 0.5) is 5.69 Å². The molecule has 0 radical (unpaired) electrons. The molecule has 10 nitrogen and oxygen atoms in total. The van der Waals surface area contributed by atoms with Gasteiger partial charge in [-0.1, -0.05) is 0 Å². The predicted octanol–water partition coefficient (Wildman–Crippen LogP) is 1.88. The summed E-state index contributed by atoms with van der Waals surface area (Å²) in [6.07, 6.45) is 2.42. The second-order valence-electron chi connectivity index (χ2n) is 11.2. The number of rotatable bonds is 6. The van der Waals surface area contributed by atoms with Crippen LogP contribution in [0.2, 0.25) is 0 Å². The van der Waals surface area contributed by atoms with Gasteiger partial charge in [-0.05, 0) is 67.2 Å². The van der Waals surface area contributed by atoms with Crippen molar-refractivity contribution >= 4 is 34.9 Å². The Morgan fingerprint density at radius 1 is 1.18 bits per heavy atom. The predicted molar refractivity (Wildman–Crippen MR) is 147 cm³/mol. The van der Waals surface area contributed by atoms with E-state index in [2.05, 4.69) is 5.32 Å². The highest BCUT2D eigenvalue weighted by atomic mass is 32.2. The highest BCUT2D eigenvalue weighted by Gasteiger charge is 2.59. The first-order chi connectivity index (χ1) is 18.5. The molecule has 1 aromatic rings. The molecule has 3 aliphatic carbocycles. The lowest BCUT2D eigenvalue weighted by Gasteiger charge is -2.46. The normalized spacial score (nSPS) is 27.3. The lowest BCUT2D eigenvalue weighted by molar-refractivity contribution is -0.144. The molecular formula is C28H35N3O7S. The van der Waals surface area contributed by atoms with Crippen molar-refractivity contribution in [2.75, 3.05) is 37.0 Å². The van der Waals surface area contributed by atoms with Crippen molar-refractivity contribution in [1.82, 2.24) is 5.32 Å². The number of hydrogen-bond donors (Lipinski definition) is 6. The van der Waals surface area contributed by atoms with Crippen molar-refractivity contribution in [2.45, 2.75) is 44.2 Å².